The van der Waals surface area contributed by atoms with Crippen molar-refractivity contribution in [1.29, 1.82) is 0 Å². The fraction of sp³-hybridized carbons (Fsp3) is 0.818. The average molecular weight is 257 g/mol. The molecular formula is C11H23N5O2. The van der Waals surface area contributed by atoms with E-state index in [4.69, 9.17) is 16.3 Å². The summed E-state index contributed by atoms with van der Waals surface area (Å²) in [6.45, 7) is 6.16. The summed E-state index contributed by atoms with van der Waals surface area (Å²) < 4.78 is 5.08. The Bertz CT molecular complexity index is 320. The molecule has 18 heavy (non-hydrogen) atoms. The van der Waals surface area contributed by atoms with E-state index in [9.17, 15) is 4.79 Å². The molecule has 1 rings (SSSR count). The van der Waals surface area contributed by atoms with Crippen molar-refractivity contribution in [2.75, 3.05) is 13.1 Å². The lowest BCUT2D eigenvalue weighted by Gasteiger charge is -2.20. The molecule has 0 unspecified atom stereocenters. The molecule has 0 radical (unpaired) electrons. The van der Waals surface area contributed by atoms with Crippen LogP contribution < -0.4 is 16.9 Å². The maximum Gasteiger partial charge on any atom is 0.407 e. The van der Waals surface area contributed by atoms with Crippen LogP contribution in [-0.2, 0) is 4.74 Å². The number of alkyl carbamates (subject to hydrolysis) is 1. The van der Waals surface area contributed by atoms with E-state index >= 15 is 0 Å². The Labute approximate surface area is 107 Å². The van der Waals surface area contributed by atoms with E-state index in [2.05, 4.69) is 10.4 Å². The maximum absolute atomic E-state index is 11.3. The number of amides is 1. The number of hydrogen-bond donors (Lipinski definition) is 3. The van der Waals surface area contributed by atoms with Crippen LogP contribution in [0.1, 0.15) is 33.6 Å². The second-order valence-corrected chi connectivity index (χ2v) is 5.39. The van der Waals surface area contributed by atoms with E-state index in [1.165, 1.54) is 5.12 Å². The number of carbonyl (C=O) groups is 1. The molecule has 0 spiro atoms. The fourth-order valence-electron chi connectivity index (χ4n) is 1.25. The summed E-state index contributed by atoms with van der Waals surface area (Å²) in [4.78, 5) is 11.3. The molecule has 0 bridgehead atoms. The monoisotopic (exact) mass is 257 g/mol. The molecule has 7 heteroatoms. The van der Waals surface area contributed by atoms with Gasteiger partial charge in [-0.2, -0.15) is 0 Å². The summed E-state index contributed by atoms with van der Waals surface area (Å²) in [5.74, 6) is 6.58. The van der Waals surface area contributed by atoms with E-state index in [0.29, 0.717) is 24.8 Å². The molecule has 0 aromatic rings. The molecule has 0 aromatic carbocycles. The molecule has 0 heterocycles. The average Bonchev–Trinajstić information content (AvgIpc) is 2.96. The van der Waals surface area contributed by atoms with Crippen LogP contribution in [-0.4, -0.2) is 35.7 Å². The zero-order valence-electron chi connectivity index (χ0n) is 11.3. The Balaban J connectivity index is 2.17. The molecular weight excluding hydrogens is 234 g/mol. The van der Waals surface area contributed by atoms with Crippen LogP contribution in [0, 0.1) is 5.92 Å². The van der Waals surface area contributed by atoms with E-state index in [-0.39, 0.29) is 0 Å². The normalized spacial score (nSPS) is 16.3. The highest BCUT2D eigenvalue weighted by molar-refractivity contribution is 5.84. The first kappa shape index (κ1) is 14.6. The third-order valence-corrected chi connectivity index (χ3v) is 2.25. The topological polar surface area (TPSA) is 106 Å². The number of nitrogens with one attached hydrogen (secondary N) is 1. The Morgan fingerprint density at radius 2 is 2.11 bits per heavy atom. The quantitative estimate of drug-likeness (QED) is 0.285. The summed E-state index contributed by atoms with van der Waals surface area (Å²) in [5, 5.41) is 7.86. The number of rotatable bonds is 5. The number of hydrogen-bond acceptors (Lipinski definition) is 5. The number of ether oxygens (including phenoxy) is 1. The van der Waals surface area contributed by atoms with Gasteiger partial charge in [0.2, 0.25) is 0 Å². The molecule has 0 aromatic heterocycles. The molecule has 1 fully saturated rings. The lowest BCUT2D eigenvalue weighted by molar-refractivity contribution is 0.0522. The van der Waals surface area contributed by atoms with Gasteiger partial charge in [-0.25, -0.2) is 15.8 Å². The predicted octanol–water partition coefficient (Wildman–Crippen LogP) is 0.369. The summed E-state index contributed by atoms with van der Waals surface area (Å²) in [6, 6.07) is 0. The lowest BCUT2D eigenvalue weighted by atomic mass is 10.2. The SMILES string of the molecule is CC(C)(C)OC(=O)NCCN(N)N=C(N)C1CC1. The van der Waals surface area contributed by atoms with Crippen molar-refractivity contribution >= 4 is 11.9 Å². The third kappa shape index (κ3) is 6.29. The lowest BCUT2D eigenvalue weighted by Crippen LogP contribution is -2.39. The summed E-state index contributed by atoms with van der Waals surface area (Å²) in [7, 11) is 0. The Morgan fingerprint density at radius 1 is 1.50 bits per heavy atom. The van der Waals surface area contributed by atoms with E-state index in [1.54, 1.807) is 0 Å². The largest absolute Gasteiger partial charge is 0.444 e. The standard InChI is InChI=1S/C11H23N5O2/c1-11(2,3)18-10(17)14-6-7-16(13)15-9(12)8-4-5-8/h8H,4-7,13H2,1-3H3,(H2,12,15)(H,14,17). The van der Waals surface area contributed by atoms with Gasteiger partial charge >= 0.3 is 6.09 Å². The first-order valence-corrected chi connectivity index (χ1v) is 6.11. The number of hydrazone groups is 1. The summed E-state index contributed by atoms with van der Waals surface area (Å²) in [6.07, 6.45) is 1.70. The number of nitrogens with two attached hydrogens (primary N) is 2. The van der Waals surface area contributed by atoms with Gasteiger partial charge < -0.3 is 15.8 Å². The van der Waals surface area contributed by atoms with Gasteiger partial charge in [-0.15, -0.1) is 5.10 Å². The van der Waals surface area contributed by atoms with Crippen LogP contribution in [0.15, 0.2) is 5.10 Å². The highest BCUT2D eigenvalue weighted by atomic mass is 16.6. The van der Waals surface area contributed by atoms with Crippen molar-refractivity contribution in [2.24, 2.45) is 22.6 Å². The molecule has 5 N–H and O–H groups in total. The van der Waals surface area contributed by atoms with Gasteiger partial charge in [0, 0.05) is 12.5 Å². The van der Waals surface area contributed by atoms with Crippen LogP contribution in [0.5, 0.6) is 0 Å². The minimum absolute atomic E-state index is 0.354. The van der Waals surface area contributed by atoms with Crippen LogP contribution in [0.4, 0.5) is 4.79 Å². The van der Waals surface area contributed by atoms with Crippen LogP contribution in [0.25, 0.3) is 0 Å². The highest BCUT2D eigenvalue weighted by Gasteiger charge is 2.26. The minimum Gasteiger partial charge on any atom is -0.444 e. The van der Waals surface area contributed by atoms with Gasteiger partial charge in [0.05, 0.1) is 6.54 Å². The van der Waals surface area contributed by atoms with Crippen molar-refractivity contribution in [1.82, 2.24) is 10.4 Å². The molecule has 0 saturated heterocycles. The van der Waals surface area contributed by atoms with E-state index in [1.807, 2.05) is 20.8 Å². The number of amidine groups is 1. The van der Waals surface area contributed by atoms with Crippen molar-refractivity contribution in [3.63, 3.8) is 0 Å². The molecule has 104 valence electrons. The second-order valence-electron chi connectivity index (χ2n) is 5.39. The van der Waals surface area contributed by atoms with Crippen molar-refractivity contribution in [2.45, 2.75) is 39.2 Å². The molecule has 7 nitrogen and oxygen atoms in total. The second kappa shape index (κ2) is 5.90. The van der Waals surface area contributed by atoms with Gasteiger partial charge in [0.15, 0.2) is 0 Å². The molecule has 1 aliphatic rings. The van der Waals surface area contributed by atoms with Gasteiger partial charge in [-0.1, -0.05) is 0 Å². The first-order valence-electron chi connectivity index (χ1n) is 6.11. The zero-order chi connectivity index (χ0) is 13.8. The fourth-order valence-corrected chi connectivity index (χ4v) is 1.25. The number of carbonyl (C=O) groups excluding carboxylic acids is 1. The van der Waals surface area contributed by atoms with Crippen molar-refractivity contribution < 1.29 is 9.53 Å². The van der Waals surface area contributed by atoms with Crippen molar-refractivity contribution in [3.8, 4) is 0 Å². The van der Waals surface area contributed by atoms with Gasteiger partial charge in [-0.3, -0.25) is 0 Å². The van der Waals surface area contributed by atoms with Gasteiger partial charge in [-0.05, 0) is 33.6 Å². The highest BCUT2D eigenvalue weighted by Crippen LogP contribution is 2.28. The summed E-state index contributed by atoms with van der Waals surface area (Å²) >= 11 is 0. The van der Waals surface area contributed by atoms with Crippen LogP contribution >= 0.6 is 0 Å². The Hall–Kier alpha value is -1.50. The van der Waals surface area contributed by atoms with Crippen LogP contribution in [0.2, 0.25) is 0 Å². The van der Waals surface area contributed by atoms with Crippen LogP contribution in [0.3, 0.4) is 0 Å². The number of nitrogens with zero attached hydrogens (tertiary/aromatic N) is 2. The van der Waals surface area contributed by atoms with E-state index < -0.39 is 11.7 Å². The molecule has 1 aliphatic carbocycles. The smallest absolute Gasteiger partial charge is 0.407 e. The Kier molecular flexibility index (Phi) is 4.77. The van der Waals surface area contributed by atoms with Gasteiger partial charge in [0.25, 0.3) is 0 Å². The summed E-state index contributed by atoms with van der Waals surface area (Å²) in [5.41, 5.74) is 5.21. The molecule has 1 amide bonds. The third-order valence-electron chi connectivity index (χ3n) is 2.25. The van der Waals surface area contributed by atoms with Crippen molar-refractivity contribution in [3.05, 3.63) is 0 Å². The minimum atomic E-state index is -0.499. The number of hydrazine groups is 1. The zero-order valence-corrected chi connectivity index (χ0v) is 11.3. The maximum atomic E-state index is 11.3. The van der Waals surface area contributed by atoms with E-state index in [0.717, 1.165) is 12.8 Å². The predicted molar refractivity (Wildman–Crippen MR) is 69.5 cm³/mol. The Morgan fingerprint density at radius 3 is 2.61 bits per heavy atom. The molecule has 0 aliphatic heterocycles. The first-order chi connectivity index (χ1) is 8.28. The molecule has 0 atom stereocenters. The van der Waals surface area contributed by atoms with Gasteiger partial charge in [0.1, 0.15) is 11.4 Å². The molecule has 1 saturated carbocycles.